The summed E-state index contributed by atoms with van der Waals surface area (Å²) >= 11 is 6.34. The Morgan fingerprint density at radius 3 is 2.55 bits per heavy atom. The van der Waals surface area contributed by atoms with E-state index in [0.29, 0.717) is 40.1 Å². The summed E-state index contributed by atoms with van der Waals surface area (Å²) in [5, 5.41) is 16.2. The quantitative estimate of drug-likeness (QED) is 0.546. The van der Waals surface area contributed by atoms with E-state index in [1.807, 2.05) is 6.07 Å². The Labute approximate surface area is 174 Å². The largest absolute Gasteiger partial charge is 0.449 e. The minimum atomic E-state index is -0.997. The van der Waals surface area contributed by atoms with E-state index in [9.17, 15) is 9.59 Å². The number of anilines is 1. The smallest absolute Gasteiger partial charge is 0.331 e. The van der Waals surface area contributed by atoms with Crippen molar-refractivity contribution in [1.29, 1.82) is 5.26 Å². The van der Waals surface area contributed by atoms with E-state index in [1.165, 1.54) is 19.1 Å². The molecule has 2 aromatic rings. The number of ether oxygens (including phenoxy) is 1. The van der Waals surface area contributed by atoms with Crippen molar-refractivity contribution >= 4 is 35.2 Å². The van der Waals surface area contributed by atoms with Gasteiger partial charge in [-0.25, -0.2) is 4.79 Å². The molecule has 1 aromatic heterocycles. The number of rotatable bonds is 7. The van der Waals surface area contributed by atoms with E-state index in [4.69, 9.17) is 21.6 Å². The maximum absolute atomic E-state index is 12.2. The van der Waals surface area contributed by atoms with E-state index in [-0.39, 0.29) is 0 Å². The summed E-state index contributed by atoms with van der Waals surface area (Å²) in [6.45, 7) is 8.07. The minimum absolute atomic E-state index is 0.379. The van der Waals surface area contributed by atoms with Crippen molar-refractivity contribution in [3.8, 4) is 6.07 Å². The van der Waals surface area contributed by atoms with Gasteiger partial charge in [0.25, 0.3) is 5.91 Å². The molecule has 0 radical (unpaired) electrons. The number of carbonyl (C=O) groups excluding carboxylic acids is 2. The molecule has 0 aliphatic rings. The van der Waals surface area contributed by atoms with Crippen molar-refractivity contribution < 1.29 is 14.3 Å². The number of amides is 1. The molecule has 0 aliphatic carbocycles. The van der Waals surface area contributed by atoms with Crippen molar-refractivity contribution in [1.82, 2.24) is 9.78 Å². The molecule has 0 aliphatic heterocycles. The Morgan fingerprint density at radius 2 is 1.97 bits per heavy atom. The lowest BCUT2D eigenvalue weighted by atomic mass is 10.2. The zero-order valence-corrected chi connectivity index (χ0v) is 17.5. The topological polar surface area (TPSA) is 97.0 Å². The van der Waals surface area contributed by atoms with E-state index < -0.39 is 18.0 Å². The predicted octanol–water partition coefficient (Wildman–Crippen LogP) is 3.96. The van der Waals surface area contributed by atoms with Gasteiger partial charge in [-0.3, -0.25) is 9.48 Å². The van der Waals surface area contributed by atoms with Crippen molar-refractivity contribution in [3.63, 3.8) is 0 Å². The van der Waals surface area contributed by atoms with E-state index >= 15 is 0 Å². The van der Waals surface area contributed by atoms with Crippen LogP contribution in [0.2, 0.25) is 5.15 Å². The molecular formula is C21H23ClN4O3. The Kier molecular flexibility index (Phi) is 7.57. The number of hydrogen-bond acceptors (Lipinski definition) is 5. The molecule has 7 nitrogen and oxygen atoms in total. The number of carbonyl (C=O) groups is 2. The van der Waals surface area contributed by atoms with Gasteiger partial charge in [0, 0.05) is 23.9 Å². The van der Waals surface area contributed by atoms with Crippen LogP contribution in [0.3, 0.4) is 0 Å². The lowest BCUT2D eigenvalue weighted by Crippen LogP contribution is -2.29. The molecule has 152 valence electrons. The number of esters is 1. The minimum Gasteiger partial charge on any atom is -0.449 e. The van der Waals surface area contributed by atoms with Crippen LogP contribution in [0.5, 0.6) is 0 Å². The highest BCUT2D eigenvalue weighted by molar-refractivity contribution is 6.31. The maximum Gasteiger partial charge on any atom is 0.331 e. The highest BCUT2D eigenvalue weighted by Crippen LogP contribution is 2.22. The van der Waals surface area contributed by atoms with Crippen LogP contribution in [0, 0.1) is 24.2 Å². The zero-order chi connectivity index (χ0) is 21.6. The van der Waals surface area contributed by atoms with Crippen molar-refractivity contribution in [2.75, 3.05) is 5.32 Å². The summed E-state index contributed by atoms with van der Waals surface area (Å²) in [7, 11) is 0. The third-order valence-corrected chi connectivity index (χ3v) is 4.38. The number of aromatic nitrogens is 2. The summed E-state index contributed by atoms with van der Waals surface area (Å²) < 4.78 is 6.84. The van der Waals surface area contributed by atoms with Gasteiger partial charge in [0.15, 0.2) is 6.10 Å². The third kappa shape index (κ3) is 6.19. The van der Waals surface area contributed by atoms with Gasteiger partial charge in [-0.05, 0) is 50.1 Å². The molecule has 1 atom stereocenters. The predicted molar refractivity (Wildman–Crippen MR) is 111 cm³/mol. The highest BCUT2D eigenvalue weighted by Gasteiger charge is 2.17. The summed E-state index contributed by atoms with van der Waals surface area (Å²) in [6.07, 6.45) is 1.76. The fourth-order valence-corrected chi connectivity index (χ4v) is 2.82. The number of hydrogen-bond donors (Lipinski definition) is 1. The summed E-state index contributed by atoms with van der Waals surface area (Å²) in [4.78, 5) is 24.3. The van der Waals surface area contributed by atoms with E-state index in [0.717, 1.165) is 0 Å². The van der Waals surface area contributed by atoms with Crippen LogP contribution in [-0.4, -0.2) is 27.8 Å². The molecule has 1 amide bonds. The van der Waals surface area contributed by atoms with Crippen LogP contribution in [0.25, 0.3) is 6.08 Å². The number of benzene rings is 1. The first-order valence-electron chi connectivity index (χ1n) is 9.14. The van der Waals surface area contributed by atoms with Gasteiger partial charge in [-0.1, -0.05) is 25.4 Å². The van der Waals surface area contributed by atoms with Crippen LogP contribution >= 0.6 is 11.6 Å². The Balaban J connectivity index is 1.96. The average molecular weight is 415 g/mol. The molecule has 1 N–H and O–H groups in total. The fraction of sp³-hybridized carbons (Fsp3) is 0.333. The van der Waals surface area contributed by atoms with Crippen LogP contribution in [-0.2, 0) is 20.9 Å². The SMILES string of the molecule is Cc1nn(CC(C)C)c(Cl)c1/C=C/C(=O)O[C@H](C)C(=O)Nc1ccc(C#N)cc1. The van der Waals surface area contributed by atoms with Gasteiger partial charge >= 0.3 is 5.97 Å². The monoisotopic (exact) mass is 414 g/mol. The second-order valence-corrected chi connectivity index (χ2v) is 7.31. The lowest BCUT2D eigenvalue weighted by Gasteiger charge is -2.12. The van der Waals surface area contributed by atoms with Gasteiger partial charge < -0.3 is 10.1 Å². The standard InChI is InChI=1S/C21H23ClN4O3/c1-13(2)12-26-20(22)18(14(3)25-26)9-10-19(27)29-15(4)21(28)24-17-7-5-16(11-23)6-8-17/h5-10,13,15H,12H2,1-4H3,(H,24,28)/b10-9+/t15-/m1/s1. The zero-order valence-electron chi connectivity index (χ0n) is 16.8. The summed E-state index contributed by atoms with van der Waals surface area (Å²) in [6, 6.07) is 8.37. The van der Waals surface area contributed by atoms with Gasteiger partial charge in [0.1, 0.15) is 5.15 Å². The summed E-state index contributed by atoms with van der Waals surface area (Å²) in [5.74, 6) is -0.765. The van der Waals surface area contributed by atoms with Crippen LogP contribution in [0.1, 0.15) is 37.6 Å². The van der Waals surface area contributed by atoms with Crippen molar-refractivity contribution in [2.45, 2.75) is 40.3 Å². The molecule has 2 rings (SSSR count). The molecule has 29 heavy (non-hydrogen) atoms. The average Bonchev–Trinajstić information content (AvgIpc) is 2.93. The number of nitrogens with one attached hydrogen (secondary N) is 1. The molecular weight excluding hydrogens is 392 g/mol. The van der Waals surface area contributed by atoms with E-state index in [1.54, 1.807) is 35.9 Å². The van der Waals surface area contributed by atoms with Crippen LogP contribution in [0.15, 0.2) is 30.3 Å². The van der Waals surface area contributed by atoms with Crippen molar-refractivity contribution in [2.24, 2.45) is 5.92 Å². The van der Waals surface area contributed by atoms with Crippen molar-refractivity contribution in [3.05, 3.63) is 52.3 Å². The Bertz CT molecular complexity index is 956. The fourth-order valence-electron chi connectivity index (χ4n) is 2.51. The second kappa shape index (κ2) is 9.89. The molecule has 1 aromatic carbocycles. The molecule has 0 bridgehead atoms. The molecule has 0 saturated carbocycles. The Morgan fingerprint density at radius 1 is 1.31 bits per heavy atom. The Hall–Kier alpha value is -3.11. The second-order valence-electron chi connectivity index (χ2n) is 6.96. The highest BCUT2D eigenvalue weighted by atomic mass is 35.5. The van der Waals surface area contributed by atoms with Crippen LogP contribution < -0.4 is 5.32 Å². The molecule has 0 spiro atoms. The number of nitrogens with zero attached hydrogens (tertiary/aromatic N) is 3. The molecule has 0 fully saturated rings. The van der Waals surface area contributed by atoms with Gasteiger partial charge in [-0.2, -0.15) is 10.4 Å². The molecule has 1 heterocycles. The first-order valence-corrected chi connectivity index (χ1v) is 9.51. The number of nitriles is 1. The third-order valence-electron chi connectivity index (χ3n) is 3.98. The first kappa shape index (κ1) is 22.2. The molecule has 8 heteroatoms. The molecule has 0 unspecified atom stereocenters. The normalized spacial score (nSPS) is 12.0. The maximum atomic E-state index is 12.2. The summed E-state index contributed by atoms with van der Waals surface area (Å²) in [5.41, 5.74) is 2.33. The lowest BCUT2D eigenvalue weighted by molar-refractivity contribution is -0.148. The number of aryl methyl sites for hydroxylation is 1. The molecule has 0 saturated heterocycles. The van der Waals surface area contributed by atoms with Gasteiger partial charge in [-0.15, -0.1) is 0 Å². The van der Waals surface area contributed by atoms with E-state index in [2.05, 4.69) is 24.3 Å². The first-order chi connectivity index (χ1) is 13.7. The van der Waals surface area contributed by atoms with Gasteiger partial charge in [0.05, 0.1) is 17.3 Å². The number of halogens is 1. The van der Waals surface area contributed by atoms with Gasteiger partial charge in [0.2, 0.25) is 0 Å². The van der Waals surface area contributed by atoms with Crippen LogP contribution in [0.4, 0.5) is 5.69 Å².